The lowest BCUT2D eigenvalue weighted by atomic mass is 9.91. The van der Waals surface area contributed by atoms with Crippen molar-refractivity contribution in [3.8, 4) is 0 Å². The summed E-state index contributed by atoms with van der Waals surface area (Å²) in [6.45, 7) is 5.72. The van der Waals surface area contributed by atoms with Crippen LogP contribution in [-0.2, 0) is 0 Å². The Labute approximate surface area is 63.8 Å². The van der Waals surface area contributed by atoms with Crippen molar-refractivity contribution in [2.75, 3.05) is 0 Å². The van der Waals surface area contributed by atoms with Crippen LogP contribution in [0.25, 0.3) is 0 Å². The first-order valence-corrected chi connectivity index (χ1v) is 3.48. The largest absolute Gasteiger partial charge is 0.302 e. The first-order chi connectivity index (χ1) is 3.85. The first kappa shape index (κ1) is 8.82. The summed E-state index contributed by atoms with van der Waals surface area (Å²) in [6, 6.07) is 0. The van der Waals surface area contributed by atoms with Gasteiger partial charge in [0.15, 0.2) is 0 Å². The molecule has 52 valence electrons. The normalized spacial score (nSPS) is 11.1. The molecule has 0 fully saturated rings. The highest BCUT2D eigenvalue weighted by atomic mass is 79.9. The zero-order valence-corrected chi connectivity index (χ0v) is 7.46. The molecule has 0 amide bonds. The summed E-state index contributed by atoms with van der Waals surface area (Å²) in [6.07, 6.45) is 0. The molecule has 0 rings (SSSR count). The fourth-order valence-corrected chi connectivity index (χ4v) is 0.924. The van der Waals surface area contributed by atoms with E-state index in [4.69, 9.17) is 10.8 Å². The number of rotatable bonds is 1. The highest BCUT2D eigenvalue weighted by molar-refractivity contribution is 9.19. The quantitative estimate of drug-likeness (QED) is 0.598. The summed E-state index contributed by atoms with van der Waals surface area (Å²) in [7, 11) is 0. The van der Waals surface area contributed by atoms with Gasteiger partial charge in [0, 0.05) is 5.41 Å². The zero-order valence-electron chi connectivity index (χ0n) is 5.88. The Balaban J connectivity index is 4.23. The second-order valence-corrected chi connectivity index (χ2v) is 3.73. The van der Waals surface area contributed by atoms with Crippen LogP contribution in [0.1, 0.15) is 20.8 Å². The van der Waals surface area contributed by atoms with E-state index in [1.54, 1.807) is 0 Å². The van der Waals surface area contributed by atoms with Crippen molar-refractivity contribution in [2.24, 2.45) is 5.41 Å². The van der Waals surface area contributed by atoms with Gasteiger partial charge in [0.05, 0.1) is 5.71 Å². The molecule has 0 aliphatic heterocycles. The van der Waals surface area contributed by atoms with Crippen molar-refractivity contribution in [2.45, 2.75) is 20.8 Å². The van der Waals surface area contributed by atoms with Crippen molar-refractivity contribution in [3.05, 3.63) is 0 Å². The van der Waals surface area contributed by atoms with Gasteiger partial charge in [-0.25, -0.2) is 0 Å². The van der Waals surface area contributed by atoms with E-state index in [9.17, 15) is 0 Å². The third kappa shape index (κ3) is 2.75. The van der Waals surface area contributed by atoms with Crippen molar-refractivity contribution in [3.63, 3.8) is 0 Å². The Morgan fingerprint density at radius 2 is 1.56 bits per heavy atom. The molecule has 9 heavy (non-hydrogen) atoms. The molecule has 0 spiro atoms. The minimum absolute atomic E-state index is 0.176. The second kappa shape index (κ2) is 2.60. The topological polar surface area (TPSA) is 47.7 Å². The van der Waals surface area contributed by atoms with E-state index in [0.29, 0.717) is 5.71 Å². The van der Waals surface area contributed by atoms with Gasteiger partial charge < -0.3 is 5.41 Å². The Hall–Kier alpha value is -0.180. The second-order valence-electron chi connectivity index (χ2n) is 2.94. The van der Waals surface area contributed by atoms with Crippen molar-refractivity contribution < 1.29 is 0 Å². The summed E-state index contributed by atoms with van der Waals surface area (Å²) in [5.41, 5.74) is 0.128. The van der Waals surface area contributed by atoms with E-state index in [0.717, 1.165) is 0 Å². The van der Waals surface area contributed by atoms with Crippen LogP contribution in [0.2, 0.25) is 0 Å². The first-order valence-electron chi connectivity index (χ1n) is 2.69. The lowest BCUT2D eigenvalue weighted by Gasteiger charge is -2.17. The third-order valence-electron chi connectivity index (χ3n) is 0.969. The predicted molar refractivity (Wildman–Crippen MR) is 43.8 cm³/mol. The van der Waals surface area contributed by atoms with Crippen LogP contribution in [0, 0.1) is 16.2 Å². The Kier molecular flexibility index (Phi) is 2.55. The summed E-state index contributed by atoms with van der Waals surface area (Å²) in [5, 5.41) is 14.4. The van der Waals surface area contributed by atoms with Gasteiger partial charge in [-0.2, -0.15) is 0 Å². The van der Waals surface area contributed by atoms with Gasteiger partial charge >= 0.3 is 0 Å². The average molecular weight is 191 g/mol. The lowest BCUT2D eigenvalue weighted by molar-refractivity contribution is 0.595. The SMILES string of the molecule is CC(C)(C)C(=N)C(=N)Br. The fraction of sp³-hybridized carbons (Fsp3) is 0.667. The third-order valence-corrected chi connectivity index (χ3v) is 1.37. The van der Waals surface area contributed by atoms with Gasteiger partial charge in [-0.15, -0.1) is 0 Å². The molecule has 0 bridgehead atoms. The van der Waals surface area contributed by atoms with Crippen LogP contribution >= 0.6 is 15.9 Å². The molecule has 0 radical (unpaired) electrons. The number of nitrogens with one attached hydrogen (secondary N) is 2. The van der Waals surface area contributed by atoms with E-state index < -0.39 is 0 Å². The van der Waals surface area contributed by atoms with Crippen LogP contribution in [0.4, 0.5) is 0 Å². The summed E-state index contributed by atoms with van der Waals surface area (Å²) < 4.78 is 0.176. The predicted octanol–water partition coefficient (Wildman–Crippen LogP) is 2.42. The van der Waals surface area contributed by atoms with Gasteiger partial charge in [0.25, 0.3) is 0 Å². The molecule has 0 aliphatic rings. The molecule has 2 N–H and O–H groups in total. The molecule has 0 aromatic rings. The molecule has 0 heterocycles. The number of hydrogen-bond donors (Lipinski definition) is 2. The summed E-state index contributed by atoms with van der Waals surface area (Å²) >= 11 is 2.93. The van der Waals surface area contributed by atoms with Crippen LogP contribution in [-0.4, -0.2) is 10.3 Å². The van der Waals surface area contributed by atoms with Gasteiger partial charge in [-0.1, -0.05) is 20.8 Å². The highest BCUT2D eigenvalue weighted by Gasteiger charge is 2.18. The van der Waals surface area contributed by atoms with Crippen molar-refractivity contribution >= 4 is 26.3 Å². The van der Waals surface area contributed by atoms with E-state index in [1.807, 2.05) is 20.8 Å². The van der Waals surface area contributed by atoms with Gasteiger partial charge in [-0.3, -0.25) is 5.41 Å². The van der Waals surface area contributed by atoms with Crippen LogP contribution in [0.3, 0.4) is 0 Å². The molecular weight excluding hydrogens is 180 g/mol. The summed E-state index contributed by atoms with van der Waals surface area (Å²) in [4.78, 5) is 0. The molecule has 3 heteroatoms. The molecule has 0 unspecified atom stereocenters. The Bertz CT molecular complexity index is 144. The molecule has 0 saturated carbocycles. The van der Waals surface area contributed by atoms with Gasteiger partial charge in [0.2, 0.25) is 0 Å². The maximum Gasteiger partial charge on any atom is 0.118 e. The number of hydrogen-bond acceptors (Lipinski definition) is 2. The van der Waals surface area contributed by atoms with Crippen LogP contribution in [0.5, 0.6) is 0 Å². The number of halogens is 1. The monoisotopic (exact) mass is 190 g/mol. The van der Waals surface area contributed by atoms with E-state index in [2.05, 4.69) is 15.9 Å². The fourth-order valence-electron chi connectivity index (χ4n) is 0.329. The maximum absolute atomic E-state index is 7.32. The van der Waals surface area contributed by atoms with Crippen molar-refractivity contribution in [1.82, 2.24) is 0 Å². The van der Waals surface area contributed by atoms with Crippen LogP contribution < -0.4 is 0 Å². The van der Waals surface area contributed by atoms with E-state index in [-0.39, 0.29) is 10.0 Å². The van der Waals surface area contributed by atoms with Crippen molar-refractivity contribution in [1.29, 1.82) is 10.8 Å². The molecular formula is C6H11BrN2. The molecule has 0 aliphatic carbocycles. The molecule has 2 nitrogen and oxygen atoms in total. The minimum Gasteiger partial charge on any atom is -0.302 e. The maximum atomic E-state index is 7.32. The van der Waals surface area contributed by atoms with E-state index in [1.165, 1.54) is 0 Å². The lowest BCUT2D eigenvalue weighted by Crippen LogP contribution is -2.23. The van der Waals surface area contributed by atoms with Gasteiger partial charge in [0.1, 0.15) is 4.62 Å². The standard InChI is InChI=1S/C6H11BrN2/c1-6(2,3)4(8)5(7)9/h8-9H,1-3H3. The zero-order chi connectivity index (χ0) is 7.65. The van der Waals surface area contributed by atoms with E-state index >= 15 is 0 Å². The van der Waals surface area contributed by atoms with Gasteiger partial charge in [-0.05, 0) is 15.9 Å². The summed E-state index contributed by atoms with van der Waals surface area (Å²) in [5.74, 6) is 0. The minimum atomic E-state index is -0.208. The average Bonchev–Trinajstić information content (AvgIpc) is 1.62. The Morgan fingerprint density at radius 3 is 1.56 bits per heavy atom. The smallest absolute Gasteiger partial charge is 0.118 e. The highest BCUT2D eigenvalue weighted by Crippen LogP contribution is 2.16. The molecule has 0 atom stereocenters. The molecule has 0 aromatic heterocycles. The van der Waals surface area contributed by atoms with Crippen LogP contribution in [0.15, 0.2) is 0 Å². The molecule has 0 aromatic carbocycles. The molecule has 0 saturated heterocycles. The Morgan fingerprint density at radius 1 is 1.22 bits per heavy atom.